The van der Waals surface area contributed by atoms with E-state index in [4.69, 9.17) is 13.3 Å². The van der Waals surface area contributed by atoms with Crippen LogP contribution in [0, 0.1) is 0 Å². The highest BCUT2D eigenvalue weighted by Gasteiger charge is 2.41. The standard InChI is InChI=1S/C9H11Br3O3Si/c1-13-16(14-2,15-3)6-4-7(10)9(12)8(11)5-6/h4-5H,1-3H3. The molecule has 0 saturated heterocycles. The lowest BCUT2D eigenvalue weighted by molar-refractivity contribution is 0.140. The molecule has 0 aliphatic carbocycles. The van der Waals surface area contributed by atoms with Gasteiger partial charge in [0, 0.05) is 39.9 Å². The minimum Gasteiger partial charge on any atom is -0.373 e. The van der Waals surface area contributed by atoms with Gasteiger partial charge in [-0.2, -0.15) is 0 Å². The quantitative estimate of drug-likeness (QED) is 0.538. The van der Waals surface area contributed by atoms with Crippen molar-refractivity contribution in [2.45, 2.75) is 0 Å². The molecule has 16 heavy (non-hydrogen) atoms. The fourth-order valence-electron chi connectivity index (χ4n) is 1.34. The summed E-state index contributed by atoms with van der Waals surface area (Å²) in [6.45, 7) is 0. The number of rotatable bonds is 4. The third kappa shape index (κ3) is 2.77. The average Bonchev–Trinajstić information content (AvgIpc) is 2.29. The van der Waals surface area contributed by atoms with Crippen LogP contribution in [-0.4, -0.2) is 30.1 Å². The van der Waals surface area contributed by atoms with Crippen molar-refractivity contribution in [2.24, 2.45) is 0 Å². The van der Waals surface area contributed by atoms with Crippen molar-refractivity contribution in [1.82, 2.24) is 0 Å². The molecule has 1 aromatic rings. The molecule has 0 aliphatic rings. The van der Waals surface area contributed by atoms with E-state index in [1.165, 1.54) is 0 Å². The van der Waals surface area contributed by atoms with Gasteiger partial charge in [0.15, 0.2) is 0 Å². The molecule has 1 aromatic carbocycles. The van der Waals surface area contributed by atoms with Crippen molar-refractivity contribution in [2.75, 3.05) is 21.3 Å². The Morgan fingerprint density at radius 2 is 1.25 bits per heavy atom. The molecule has 0 radical (unpaired) electrons. The molecule has 7 heteroatoms. The monoisotopic (exact) mass is 432 g/mol. The first-order valence-electron chi connectivity index (χ1n) is 4.31. The van der Waals surface area contributed by atoms with Gasteiger partial charge >= 0.3 is 8.80 Å². The van der Waals surface area contributed by atoms with Crippen molar-refractivity contribution in [3.8, 4) is 0 Å². The summed E-state index contributed by atoms with van der Waals surface area (Å²) in [7, 11) is 2.00. The number of halogens is 3. The maximum absolute atomic E-state index is 5.41. The second kappa shape index (κ2) is 6.08. The second-order valence-corrected chi connectivity index (χ2v) is 8.34. The second-order valence-electron chi connectivity index (χ2n) is 2.92. The summed E-state index contributed by atoms with van der Waals surface area (Å²) >= 11 is 10.4. The molecule has 0 fully saturated rings. The van der Waals surface area contributed by atoms with Crippen LogP contribution in [0.1, 0.15) is 0 Å². The van der Waals surface area contributed by atoms with Crippen LogP contribution in [0.2, 0.25) is 0 Å². The Balaban J connectivity index is 3.31. The number of hydrogen-bond donors (Lipinski definition) is 0. The zero-order chi connectivity index (χ0) is 12.3. The van der Waals surface area contributed by atoms with Gasteiger partial charge < -0.3 is 13.3 Å². The molecule has 0 bridgehead atoms. The van der Waals surface area contributed by atoms with Gasteiger partial charge in [0.05, 0.1) is 0 Å². The smallest absolute Gasteiger partial charge is 0.373 e. The van der Waals surface area contributed by atoms with E-state index < -0.39 is 8.80 Å². The topological polar surface area (TPSA) is 27.7 Å². The molecule has 0 N–H and O–H groups in total. The Labute approximate surface area is 121 Å². The molecule has 0 aromatic heterocycles. The highest BCUT2D eigenvalue weighted by molar-refractivity contribution is 9.14. The first-order chi connectivity index (χ1) is 7.50. The largest absolute Gasteiger partial charge is 0.536 e. The lowest BCUT2D eigenvalue weighted by Gasteiger charge is -2.25. The van der Waals surface area contributed by atoms with E-state index in [1.807, 2.05) is 12.1 Å². The lowest BCUT2D eigenvalue weighted by atomic mass is 10.4. The molecule has 0 aliphatic heterocycles. The van der Waals surface area contributed by atoms with Crippen molar-refractivity contribution < 1.29 is 13.3 Å². The molecule has 0 unspecified atom stereocenters. The van der Waals surface area contributed by atoms with E-state index in [0.717, 1.165) is 18.6 Å². The van der Waals surface area contributed by atoms with E-state index in [-0.39, 0.29) is 0 Å². The molecule has 0 heterocycles. The third-order valence-corrected chi connectivity index (χ3v) is 7.92. The molecule has 0 saturated carbocycles. The molecule has 0 atom stereocenters. The summed E-state index contributed by atoms with van der Waals surface area (Å²) in [6.07, 6.45) is 0. The van der Waals surface area contributed by atoms with Gasteiger partial charge in [-0.15, -0.1) is 0 Å². The Morgan fingerprint density at radius 1 is 0.875 bits per heavy atom. The SMILES string of the molecule is CO[Si](OC)(OC)c1cc(Br)c(Br)c(Br)c1. The van der Waals surface area contributed by atoms with Crippen LogP contribution in [0.3, 0.4) is 0 Å². The first kappa shape index (κ1) is 14.8. The van der Waals surface area contributed by atoms with Gasteiger partial charge in [-0.3, -0.25) is 0 Å². The van der Waals surface area contributed by atoms with Crippen molar-refractivity contribution in [3.63, 3.8) is 0 Å². The molecule has 1 rings (SSSR count). The predicted octanol–water partition coefficient (Wildman–Crippen LogP) is 3.06. The zero-order valence-electron chi connectivity index (χ0n) is 9.01. The summed E-state index contributed by atoms with van der Waals surface area (Å²) in [5, 5.41) is 0.891. The summed E-state index contributed by atoms with van der Waals surface area (Å²) in [4.78, 5) is 0. The Morgan fingerprint density at radius 3 is 1.56 bits per heavy atom. The highest BCUT2D eigenvalue weighted by Crippen LogP contribution is 2.30. The summed E-state index contributed by atoms with van der Waals surface area (Å²) in [5.74, 6) is 0. The zero-order valence-corrected chi connectivity index (χ0v) is 14.8. The molecule has 0 spiro atoms. The Kier molecular flexibility index (Phi) is 5.63. The van der Waals surface area contributed by atoms with E-state index in [2.05, 4.69) is 47.8 Å². The van der Waals surface area contributed by atoms with E-state index in [9.17, 15) is 0 Å². The molecular formula is C9H11Br3O3Si. The van der Waals surface area contributed by atoms with Crippen LogP contribution in [0.5, 0.6) is 0 Å². The van der Waals surface area contributed by atoms with Crippen molar-refractivity contribution in [3.05, 3.63) is 25.6 Å². The predicted molar refractivity (Wildman–Crippen MR) is 76.0 cm³/mol. The van der Waals surface area contributed by atoms with Gasteiger partial charge in [0.2, 0.25) is 0 Å². The van der Waals surface area contributed by atoms with Crippen LogP contribution >= 0.6 is 47.8 Å². The highest BCUT2D eigenvalue weighted by atomic mass is 79.9. The van der Waals surface area contributed by atoms with Gasteiger partial charge in [-0.25, -0.2) is 0 Å². The van der Waals surface area contributed by atoms with Crippen LogP contribution in [-0.2, 0) is 13.3 Å². The third-order valence-electron chi connectivity index (χ3n) is 2.14. The lowest BCUT2D eigenvalue weighted by Crippen LogP contribution is -2.54. The van der Waals surface area contributed by atoms with Gasteiger partial charge in [0.25, 0.3) is 0 Å². The first-order valence-corrected chi connectivity index (χ1v) is 8.41. The fourth-order valence-corrected chi connectivity index (χ4v) is 5.02. The summed E-state index contributed by atoms with van der Waals surface area (Å²) in [5.41, 5.74) is 0. The van der Waals surface area contributed by atoms with Crippen molar-refractivity contribution in [1.29, 1.82) is 0 Å². The summed E-state index contributed by atoms with van der Waals surface area (Å²) < 4.78 is 19.0. The minimum absolute atomic E-state index is 0.891. The number of benzene rings is 1. The Bertz CT molecular complexity index is 351. The average molecular weight is 435 g/mol. The summed E-state index contributed by atoms with van der Waals surface area (Å²) in [6, 6.07) is 3.86. The molecule has 0 amide bonds. The van der Waals surface area contributed by atoms with E-state index in [0.29, 0.717) is 0 Å². The van der Waals surface area contributed by atoms with Crippen LogP contribution in [0.25, 0.3) is 0 Å². The van der Waals surface area contributed by atoms with Gasteiger partial charge in [0.1, 0.15) is 0 Å². The molecular weight excluding hydrogens is 424 g/mol. The molecule has 90 valence electrons. The van der Waals surface area contributed by atoms with Crippen LogP contribution in [0.4, 0.5) is 0 Å². The van der Waals surface area contributed by atoms with Crippen LogP contribution in [0.15, 0.2) is 25.6 Å². The molecule has 3 nitrogen and oxygen atoms in total. The number of hydrogen-bond acceptors (Lipinski definition) is 3. The van der Waals surface area contributed by atoms with Gasteiger partial charge in [-0.05, 0) is 59.9 Å². The minimum atomic E-state index is -2.76. The maximum atomic E-state index is 5.41. The Hall–Kier alpha value is 0.757. The van der Waals surface area contributed by atoms with Crippen molar-refractivity contribution >= 4 is 61.8 Å². The van der Waals surface area contributed by atoms with E-state index in [1.54, 1.807) is 21.3 Å². The van der Waals surface area contributed by atoms with Crippen LogP contribution < -0.4 is 5.19 Å². The van der Waals surface area contributed by atoms with E-state index >= 15 is 0 Å². The normalized spacial score (nSPS) is 11.9. The fraction of sp³-hybridized carbons (Fsp3) is 0.333. The maximum Gasteiger partial charge on any atom is 0.536 e. The van der Waals surface area contributed by atoms with Gasteiger partial charge in [-0.1, -0.05) is 0 Å².